The fourth-order valence-corrected chi connectivity index (χ4v) is 2.98. The zero-order chi connectivity index (χ0) is 14.0. The van der Waals surface area contributed by atoms with Crippen molar-refractivity contribution in [1.82, 2.24) is 4.90 Å². The predicted molar refractivity (Wildman–Crippen MR) is 76.4 cm³/mol. The van der Waals surface area contributed by atoms with Crippen molar-refractivity contribution >= 4 is 17.3 Å². The molecule has 0 aliphatic carbocycles. The van der Waals surface area contributed by atoms with Gasteiger partial charge in [0.25, 0.3) is 5.69 Å². The summed E-state index contributed by atoms with van der Waals surface area (Å²) in [6.45, 7) is 5.19. The molecule has 4 nitrogen and oxygen atoms in total. The van der Waals surface area contributed by atoms with Crippen LogP contribution in [0, 0.1) is 10.1 Å². The number of likely N-dealkylation sites (tertiary alicyclic amines) is 1. The van der Waals surface area contributed by atoms with E-state index in [9.17, 15) is 10.1 Å². The standard InChI is InChI=1S/C14H19ClN2O2/c1-10-4-3-5-11(2)16(10)9-12-6-7-13(15)14(8-12)17(18)19/h6-8,10-11H,3-5,9H2,1-2H3/t10-,11+. The molecule has 0 unspecified atom stereocenters. The van der Waals surface area contributed by atoms with E-state index in [0.29, 0.717) is 12.1 Å². The van der Waals surface area contributed by atoms with Crippen molar-refractivity contribution in [2.75, 3.05) is 0 Å². The number of halogens is 1. The van der Waals surface area contributed by atoms with Crippen molar-refractivity contribution < 1.29 is 4.92 Å². The summed E-state index contributed by atoms with van der Waals surface area (Å²) < 4.78 is 0. The molecule has 0 saturated carbocycles. The molecule has 0 spiro atoms. The minimum absolute atomic E-state index is 0.00326. The summed E-state index contributed by atoms with van der Waals surface area (Å²) in [6.07, 6.45) is 3.65. The van der Waals surface area contributed by atoms with Crippen LogP contribution in [0.3, 0.4) is 0 Å². The van der Waals surface area contributed by atoms with E-state index in [0.717, 1.165) is 12.1 Å². The van der Waals surface area contributed by atoms with Crippen molar-refractivity contribution in [3.05, 3.63) is 38.9 Å². The van der Waals surface area contributed by atoms with Gasteiger partial charge in [0.05, 0.1) is 4.92 Å². The summed E-state index contributed by atoms with van der Waals surface area (Å²) in [5.41, 5.74) is 0.952. The summed E-state index contributed by atoms with van der Waals surface area (Å²) in [6, 6.07) is 6.14. The van der Waals surface area contributed by atoms with Crippen LogP contribution in [-0.4, -0.2) is 21.9 Å². The minimum Gasteiger partial charge on any atom is -0.294 e. The van der Waals surface area contributed by atoms with Gasteiger partial charge < -0.3 is 0 Å². The van der Waals surface area contributed by atoms with Crippen LogP contribution in [0.2, 0.25) is 5.02 Å². The summed E-state index contributed by atoms with van der Waals surface area (Å²) in [7, 11) is 0. The molecule has 1 saturated heterocycles. The lowest BCUT2D eigenvalue weighted by atomic mass is 9.96. The first-order valence-corrected chi connectivity index (χ1v) is 7.05. The first kappa shape index (κ1) is 14.3. The Kier molecular flexibility index (Phi) is 4.42. The van der Waals surface area contributed by atoms with Crippen LogP contribution in [0.5, 0.6) is 0 Å². The SMILES string of the molecule is C[C@@H]1CCC[C@H](C)N1Cc1ccc(Cl)c([N+](=O)[O-])c1. The van der Waals surface area contributed by atoms with Crippen molar-refractivity contribution in [3.8, 4) is 0 Å². The van der Waals surface area contributed by atoms with Gasteiger partial charge in [0.1, 0.15) is 5.02 Å². The number of hydrogen-bond acceptors (Lipinski definition) is 3. The maximum atomic E-state index is 10.9. The van der Waals surface area contributed by atoms with Gasteiger partial charge in [0, 0.05) is 24.7 Å². The van der Waals surface area contributed by atoms with E-state index < -0.39 is 4.92 Å². The zero-order valence-electron chi connectivity index (χ0n) is 11.3. The highest BCUT2D eigenvalue weighted by Crippen LogP contribution is 2.28. The van der Waals surface area contributed by atoms with E-state index >= 15 is 0 Å². The van der Waals surface area contributed by atoms with Gasteiger partial charge in [0.2, 0.25) is 0 Å². The Morgan fingerprint density at radius 3 is 2.58 bits per heavy atom. The van der Waals surface area contributed by atoms with Crippen LogP contribution in [0.1, 0.15) is 38.7 Å². The lowest BCUT2D eigenvalue weighted by molar-refractivity contribution is -0.384. The van der Waals surface area contributed by atoms with Crippen LogP contribution < -0.4 is 0 Å². The smallest absolute Gasteiger partial charge is 0.288 e. The van der Waals surface area contributed by atoms with E-state index in [-0.39, 0.29) is 10.7 Å². The molecule has 1 aromatic carbocycles. The molecule has 0 radical (unpaired) electrons. The normalized spacial score (nSPS) is 24.4. The topological polar surface area (TPSA) is 46.4 Å². The third kappa shape index (κ3) is 3.25. The van der Waals surface area contributed by atoms with Crippen LogP contribution in [0.25, 0.3) is 0 Å². The van der Waals surface area contributed by atoms with E-state index in [1.807, 2.05) is 6.07 Å². The quantitative estimate of drug-likeness (QED) is 0.621. The van der Waals surface area contributed by atoms with Gasteiger partial charge in [0.15, 0.2) is 0 Å². The zero-order valence-corrected chi connectivity index (χ0v) is 12.1. The van der Waals surface area contributed by atoms with E-state index in [1.54, 1.807) is 12.1 Å². The third-order valence-electron chi connectivity index (χ3n) is 3.95. The Balaban J connectivity index is 2.18. The molecular formula is C14H19ClN2O2. The van der Waals surface area contributed by atoms with Crippen molar-refractivity contribution in [1.29, 1.82) is 0 Å². The average Bonchev–Trinajstić information content (AvgIpc) is 2.35. The molecule has 0 N–H and O–H groups in total. The first-order valence-electron chi connectivity index (χ1n) is 6.67. The van der Waals surface area contributed by atoms with Crippen LogP contribution >= 0.6 is 11.6 Å². The maximum Gasteiger partial charge on any atom is 0.288 e. The molecule has 1 aromatic rings. The summed E-state index contributed by atoms with van der Waals surface area (Å²) >= 11 is 5.84. The average molecular weight is 283 g/mol. The molecule has 2 atom stereocenters. The van der Waals surface area contributed by atoms with E-state index in [2.05, 4.69) is 18.7 Å². The number of benzene rings is 1. The van der Waals surface area contributed by atoms with Gasteiger partial charge in [-0.05, 0) is 38.3 Å². The van der Waals surface area contributed by atoms with Crippen LogP contribution in [0.15, 0.2) is 18.2 Å². The third-order valence-corrected chi connectivity index (χ3v) is 4.27. The van der Waals surface area contributed by atoms with Crippen molar-refractivity contribution in [2.45, 2.75) is 51.7 Å². The molecular weight excluding hydrogens is 264 g/mol. The largest absolute Gasteiger partial charge is 0.294 e. The minimum atomic E-state index is -0.422. The van der Waals surface area contributed by atoms with Crippen LogP contribution in [-0.2, 0) is 6.54 Å². The van der Waals surface area contributed by atoms with Gasteiger partial charge >= 0.3 is 0 Å². The summed E-state index contributed by atoms with van der Waals surface area (Å²) in [5.74, 6) is 0. The number of hydrogen-bond donors (Lipinski definition) is 0. The molecule has 0 bridgehead atoms. The molecule has 1 aliphatic rings. The second-order valence-corrected chi connectivity index (χ2v) is 5.75. The number of nitro groups is 1. The van der Waals surface area contributed by atoms with Crippen molar-refractivity contribution in [3.63, 3.8) is 0 Å². The van der Waals surface area contributed by atoms with Gasteiger partial charge in [-0.1, -0.05) is 24.1 Å². The lowest BCUT2D eigenvalue weighted by Crippen LogP contribution is -2.42. The molecule has 104 valence electrons. The monoisotopic (exact) mass is 282 g/mol. The number of rotatable bonds is 3. The molecule has 1 aliphatic heterocycles. The summed E-state index contributed by atoms with van der Waals surface area (Å²) in [5, 5.41) is 11.1. The highest BCUT2D eigenvalue weighted by Gasteiger charge is 2.25. The Bertz CT molecular complexity index is 469. The Hall–Kier alpha value is -1.13. The molecule has 0 aromatic heterocycles. The fourth-order valence-electron chi connectivity index (χ4n) is 2.79. The van der Waals surface area contributed by atoms with E-state index in [4.69, 9.17) is 11.6 Å². The highest BCUT2D eigenvalue weighted by molar-refractivity contribution is 6.32. The molecule has 2 rings (SSSR count). The van der Waals surface area contributed by atoms with Gasteiger partial charge in [-0.2, -0.15) is 0 Å². The molecule has 1 heterocycles. The van der Waals surface area contributed by atoms with Gasteiger partial charge in [-0.15, -0.1) is 0 Å². The second kappa shape index (κ2) is 5.88. The second-order valence-electron chi connectivity index (χ2n) is 5.34. The summed E-state index contributed by atoms with van der Waals surface area (Å²) in [4.78, 5) is 12.9. The van der Waals surface area contributed by atoms with Gasteiger partial charge in [-0.25, -0.2) is 0 Å². The number of piperidine rings is 1. The van der Waals surface area contributed by atoms with Gasteiger partial charge in [-0.3, -0.25) is 15.0 Å². The molecule has 19 heavy (non-hydrogen) atoms. The Labute approximate surface area is 118 Å². The molecule has 5 heteroatoms. The first-order chi connectivity index (χ1) is 8.99. The number of nitrogens with zero attached hydrogens (tertiary/aromatic N) is 2. The Morgan fingerprint density at radius 1 is 1.37 bits per heavy atom. The number of nitro benzene ring substituents is 1. The lowest BCUT2D eigenvalue weighted by Gasteiger charge is -2.39. The van der Waals surface area contributed by atoms with Crippen molar-refractivity contribution in [2.24, 2.45) is 0 Å². The van der Waals surface area contributed by atoms with E-state index in [1.165, 1.54) is 19.3 Å². The maximum absolute atomic E-state index is 10.9. The molecule has 1 fully saturated rings. The predicted octanol–water partition coefficient (Wildman–Crippen LogP) is 4.01. The fraction of sp³-hybridized carbons (Fsp3) is 0.571. The van der Waals surface area contributed by atoms with Crippen LogP contribution in [0.4, 0.5) is 5.69 Å². The Morgan fingerprint density at radius 2 is 2.00 bits per heavy atom. The molecule has 0 amide bonds. The highest BCUT2D eigenvalue weighted by atomic mass is 35.5.